The van der Waals surface area contributed by atoms with Crippen molar-refractivity contribution in [1.29, 1.82) is 0 Å². The highest BCUT2D eigenvalue weighted by Crippen LogP contribution is 2.26. The fourth-order valence-electron chi connectivity index (χ4n) is 1.35. The Morgan fingerprint density at radius 3 is 2.89 bits per heavy atom. The minimum Gasteiger partial charge on any atom is -0.549 e. The summed E-state index contributed by atoms with van der Waals surface area (Å²) >= 11 is 0.969. The number of carbonyl (C=O) groups is 1. The molecule has 1 aromatic heterocycles. The van der Waals surface area contributed by atoms with Gasteiger partial charge < -0.3 is 14.3 Å². The smallest absolute Gasteiger partial charge is 0.277 e. The Kier molecular flexibility index (Phi) is 3.66. The standard InChI is InChI=1S/C12H12N2O3S/c1-7-4-3-5-9(6-7)10-13-14-12(17-10)18-8(2)11(15)16/h3-6,8H,1-2H3,(H,15,16)/p-1/t8-/m1/s1. The van der Waals surface area contributed by atoms with Crippen LogP contribution >= 0.6 is 11.8 Å². The SMILES string of the molecule is Cc1cccc(-c2nnc(S[C@H](C)C(=O)[O-])o2)c1. The van der Waals surface area contributed by atoms with Crippen LogP contribution < -0.4 is 5.11 Å². The van der Waals surface area contributed by atoms with E-state index in [0.717, 1.165) is 22.9 Å². The van der Waals surface area contributed by atoms with E-state index < -0.39 is 11.2 Å². The van der Waals surface area contributed by atoms with Gasteiger partial charge in [0.15, 0.2) is 0 Å². The van der Waals surface area contributed by atoms with Crippen LogP contribution in [-0.2, 0) is 4.79 Å². The summed E-state index contributed by atoms with van der Waals surface area (Å²) in [5, 5.41) is 17.8. The molecular formula is C12H11N2O3S-. The lowest BCUT2D eigenvalue weighted by Crippen LogP contribution is -2.31. The Hall–Kier alpha value is -1.82. The van der Waals surface area contributed by atoms with Gasteiger partial charge in [-0.3, -0.25) is 0 Å². The van der Waals surface area contributed by atoms with Crippen molar-refractivity contribution in [3.8, 4) is 11.5 Å². The molecule has 0 bridgehead atoms. The number of aliphatic carboxylic acids is 1. The maximum atomic E-state index is 10.6. The molecule has 0 aliphatic carbocycles. The number of carboxylic acids is 1. The van der Waals surface area contributed by atoms with Crippen LogP contribution in [0.1, 0.15) is 12.5 Å². The molecule has 0 fully saturated rings. The van der Waals surface area contributed by atoms with Crippen LogP contribution in [0.5, 0.6) is 0 Å². The molecule has 2 aromatic rings. The highest BCUT2D eigenvalue weighted by atomic mass is 32.2. The second kappa shape index (κ2) is 5.22. The number of nitrogens with zero attached hydrogens (tertiary/aromatic N) is 2. The van der Waals surface area contributed by atoms with E-state index in [2.05, 4.69) is 10.2 Å². The molecule has 0 saturated heterocycles. The normalized spacial score (nSPS) is 12.3. The largest absolute Gasteiger partial charge is 0.549 e. The van der Waals surface area contributed by atoms with Gasteiger partial charge in [-0.1, -0.05) is 29.5 Å². The molecule has 5 nitrogen and oxygen atoms in total. The number of hydrogen-bond donors (Lipinski definition) is 0. The number of carbonyl (C=O) groups excluding carboxylic acids is 1. The number of hydrogen-bond acceptors (Lipinski definition) is 6. The van der Waals surface area contributed by atoms with Crippen molar-refractivity contribution in [2.75, 3.05) is 0 Å². The molecule has 0 radical (unpaired) electrons. The van der Waals surface area contributed by atoms with Crippen molar-refractivity contribution in [3.05, 3.63) is 29.8 Å². The van der Waals surface area contributed by atoms with E-state index in [0.29, 0.717) is 5.89 Å². The number of carboxylic acid groups (broad SMARTS) is 1. The molecule has 1 atom stereocenters. The van der Waals surface area contributed by atoms with E-state index in [1.54, 1.807) is 0 Å². The first kappa shape index (κ1) is 12.6. The van der Waals surface area contributed by atoms with Crippen LogP contribution in [0.3, 0.4) is 0 Å². The Balaban J connectivity index is 2.18. The van der Waals surface area contributed by atoms with Crippen molar-refractivity contribution in [2.24, 2.45) is 0 Å². The van der Waals surface area contributed by atoms with Crippen molar-refractivity contribution < 1.29 is 14.3 Å². The van der Waals surface area contributed by atoms with Gasteiger partial charge in [0.25, 0.3) is 5.22 Å². The first-order valence-electron chi connectivity index (χ1n) is 5.34. The molecule has 0 aliphatic rings. The fraction of sp³-hybridized carbons (Fsp3) is 0.250. The topological polar surface area (TPSA) is 79.0 Å². The number of aryl methyl sites for hydroxylation is 1. The van der Waals surface area contributed by atoms with Gasteiger partial charge in [-0.2, -0.15) is 0 Å². The fourth-order valence-corrected chi connectivity index (χ4v) is 1.97. The second-order valence-corrected chi connectivity index (χ2v) is 5.11. The molecule has 1 heterocycles. The van der Waals surface area contributed by atoms with Crippen molar-refractivity contribution >= 4 is 17.7 Å². The van der Waals surface area contributed by atoms with Crippen LogP contribution in [0.4, 0.5) is 0 Å². The molecule has 0 N–H and O–H groups in total. The number of benzene rings is 1. The second-order valence-electron chi connectivity index (χ2n) is 3.82. The molecule has 1 aromatic carbocycles. The van der Waals surface area contributed by atoms with E-state index >= 15 is 0 Å². The van der Waals surface area contributed by atoms with Crippen LogP contribution in [0.25, 0.3) is 11.5 Å². The minimum absolute atomic E-state index is 0.225. The van der Waals surface area contributed by atoms with Gasteiger partial charge in [0.2, 0.25) is 5.89 Å². The monoisotopic (exact) mass is 263 g/mol. The number of rotatable bonds is 4. The maximum absolute atomic E-state index is 10.6. The van der Waals surface area contributed by atoms with Crippen LogP contribution in [0.2, 0.25) is 0 Å². The lowest BCUT2D eigenvalue weighted by molar-refractivity contribution is -0.304. The number of aromatic nitrogens is 2. The molecule has 18 heavy (non-hydrogen) atoms. The van der Waals surface area contributed by atoms with E-state index in [4.69, 9.17) is 4.42 Å². The average Bonchev–Trinajstić information content (AvgIpc) is 2.77. The lowest BCUT2D eigenvalue weighted by Gasteiger charge is -2.07. The van der Waals surface area contributed by atoms with E-state index in [1.165, 1.54) is 6.92 Å². The quantitative estimate of drug-likeness (QED) is 0.773. The molecule has 6 heteroatoms. The van der Waals surface area contributed by atoms with Crippen molar-refractivity contribution in [3.63, 3.8) is 0 Å². The highest BCUT2D eigenvalue weighted by molar-refractivity contribution is 8.00. The summed E-state index contributed by atoms with van der Waals surface area (Å²) in [7, 11) is 0. The van der Waals surface area contributed by atoms with Gasteiger partial charge in [-0.25, -0.2) is 0 Å². The van der Waals surface area contributed by atoms with Crippen LogP contribution in [0, 0.1) is 6.92 Å². The summed E-state index contributed by atoms with van der Waals surface area (Å²) in [6, 6.07) is 7.64. The molecule has 0 unspecified atom stereocenters. The lowest BCUT2D eigenvalue weighted by atomic mass is 10.1. The van der Waals surface area contributed by atoms with Crippen LogP contribution in [0.15, 0.2) is 33.9 Å². The summed E-state index contributed by atoms with van der Waals surface area (Å²) < 4.78 is 5.40. The molecule has 0 aliphatic heterocycles. The minimum atomic E-state index is -1.16. The molecular weight excluding hydrogens is 252 g/mol. The van der Waals surface area contributed by atoms with Crippen LogP contribution in [-0.4, -0.2) is 21.4 Å². The predicted octanol–water partition coefficient (Wildman–Crippen LogP) is 1.28. The summed E-state index contributed by atoms with van der Waals surface area (Å²) in [6.45, 7) is 3.48. The third-order valence-electron chi connectivity index (χ3n) is 2.28. The van der Waals surface area contributed by atoms with Gasteiger partial charge >= 0.3 is 0 Å². The zero-order valence-electron chi connectivity index (χ0n) is 9.91. The predicted molar refractivity (Wildman–Crippen MR) is 64.8 cm³/mol. The summed E-state index contributed by atoms with van der Waals surface area (Å²) in [5.74, 6) is -0.776. The molecule has 0 spiro atoms. The average molecular weight is 263 g/mol. The Morgan fingerprint density at radius 1 is 1.44 bits per heavy atom. The Morgan fingerprint density at radius 2 is 2.22 bits per heavy atom. The Labute approximate surface area is 108 Å². The van der Waals surface area contributed by atoms with Gasteiger partial charge in [-0.15, -0.1) is 10.2 Å². The van der Waals surface area contributed by atoms with Gasteiger partial charge in [0.1, 0.15) is 0 Å². The zero-order valence-corrected chi connectivity index (χ0v) is 10.7. The Bertz CT molecular complexity index is 568. The first-order chi connectivity index (χ1) is 8.56. The third kappa shape index (κ3) is 2.89. The van der Waals surface area contributed by atoms with E-state index in [1.807, 2.05) is 31.2 Å². The van der Waals surface area contributed by atoms with Gasteiger partial charge in [0.05, 0.1) is 11.2 Å². The summed E-state index contributed by atoms with van der Waals surface area (Å²) in [6.07, 6.45) is 0. The van der Waals surface area contributed by atoms with Crippen molar-refractivity contribution in [2.45, 2.75) is 24.3 Å². The molecule has 0 amide bonds. The van der Waals surface area contributed by atoms with Gasteiger partial charge in [0, 0.05) is 5.56 Å². The van der Waals surface area contributed by atoms with Gasteiger partial charge in [-0.05, 0) is 26.0 Å². The molecule has 94 valence electrons. The summed E-state index contributed by atoms with van der Waals surface area (Å²) in [5.41, 5.74) is 1.90. The zero-order chi connectivity index (χ0) is 13.1. The van der Waals surface area contributed by atoms with Crippen molar-refractivity contribution in [1.82, 2.24) is 10.2 Å². The molecule has 2 rings (SSSR count). The third-order valence-corrected chi connectivity index (χ3v) is 3.19. The maximum Gasteiger partial charge on any atom is 0.277 e. The van der Waals surface area contributed by atoms with E-state index in [9.17, 15) is 9.90 Å². The molecule has 0 saturated carbocycles. The highest BCUT2D eigenvalue weighted by Gasteiger charge is 2.13. The summed E-state index contributed by atoms with van der Waals surface area (Å²) in [4.78, 5) is 10.6. The van der Waals surface area contributed by atoms with E-state index in [-0.39, 0.29) is 5.22 Å². The number of thioether (sulfide) groups is 1. The first-order valence-corrected chi connectivity index (χ1v) is 6.22.